The predicted molar refractivity (Wildman–Crippen MR) is 57.2 cm³/mol. The van der Waals surface area contributed by atoms with Crippen molar-refractivity contribution in [3.8, 4) is 17.2 Å². The highest BCUT2D eigenvalue weighted by molar-refractivity contribution is 7.81. The number of hydrogen-bond donors (Lipinski definition) is 1. The van der Waals surface area contributed by atoms with Crippen LogP contribution >= 0.6 is 0 Å². The first-order valence-corrected chi connectivity index (χ1v) is 5.72. The van der Waals surface area contributed by atoms with Gasteiger partial charge in [-0.25, -0.2) is 4.79 Å². The van der Waals surface area contributed by atoms with Crippen LogP contribution < -0.4 is 13.7 Å². The van der Waals surface area contributed by atoms with Crippen LogP contribution in [0.2, 0.25) is 0 Å². The second kappa shape index (κ2) is 5.08. The van der Waals surface area contributed by atoms with E-state index in [4.69, 9.17) is 14.6 Å². The topological polar surface area (TPSA) is 99.1 Å². The molecule has 0 saturated heterocycles. The minimum atomic E-state index is -5.34. The number of carboxylic acids is 1. The number of halogens is 1. The fourth-order valence-electron chi connectivity index (χ4n) is 1.20. The van der Waals surface area contributed by atoms with E-state index >= 15 is 0 Å². The fraction of sp³-hybridized carbons (Fsp3) is 0.222. The second-order valence-electron chi connectivity index (χ2n) is 2.98. The van der Waals surface area contributed by atoms with E-state index in [1.165, 1.54) is 14.2 Å². The van der Waals surface area contributed by atoms with Crippen molar-refractivity contribution in [3.63, 3.8) is 0 Å². The van der Waals surface area contributed by atoms with Crippen molar-refractivity contribution in [2.45, 2.75) is 0 Å². The van der Waals surface area contributed by atoms with Crippen molar-refractivity contribution in [1.29, 1.82) is 0 Å². The predicted octanol–water partition coefficient (Wildman–Crippen LogP) is 0.995. The van der Waals surface area contributed by atoms with E-state index in [9.17, 15) is 17.1 Å². The van der Waals surface area contributed by atoms with E-state index in [2.05, 4.69) is 4.18 Å². The van der Waals surface area contributed by atoms with Crippen LogP contribution in [0.25, 0.3) is 0 Å². The number of aromatic carboxylic acids is 1. The lowest BCUT2D eigenvalue weighted by atomic mass is 10.2. The maximum Gasteiger partial charge on any atom is 0.488 e. The Kier molecular flexibility index (Phi) is 3.96. The molecular weight excluding hydrogens is 271 g/mol. The lowest BCUT2D eigenvalue weighted by Gasteiger charge is -2.11. The van der Waals surface area contributed by atoms with E-state index in [1.807, 2.05) is 0 Å². The first-order valence-electron chi connectivity index (χ1n) is 4.42. The molecule has 0 radical (unpaired) electrons. The molecule has 0 atom stereocenters. The molecule has 100 valence electrons. The van der Waals surface area contributed by atoms with Crippen LogP contribution in [0.4, 0.5) is 3.89 Å². The Hall–Kier alpha value is -2.03. The summed E-state index contributed by atoms with van der Waals surface area (Å²) in [6.07, 6.45) is 0. The summed E-state index contributed by atoms with van der Waals surface area (Å²) in [5, 5.41) is 8.85. The summed E-state index contributed by atoms with van der Waals surface area (Å²) < 4.78 is 46.7. The van der Waals surface area contributed by atoms with E-state index in [0.29, 0.717) is 0 Å². The molecule has 0 spiro atoms. The molecule has 0 fully saturated rings. The number of ether oxygens (including phenoxy) is 2. The molecule has 0 unspecified atom stereocenters. The number of benzene rings is 1. The van der Waals surface area contributed by atoms with Gasteiger partial charge in [0.2, 0.25) is 0 Å². The molecule has 1 aromatic rings. The average molecular weight is 280 g/mol. The lowest BCUT2D eigenvalue weighted by Crippen LogP contribution is -2.08. The smallest absolute Gasteiger partial charge is 0.488 e. The number of hydrogen-bond acceptors (Lipinski definition) is 6. The molecule has 1 N–H and O–H groups in total. The molecule has 7 nitrogen and oxygen atoms in total. The van der Waals surface area contributed by atoms with Gasteiger partial charge in [-0.2, -0.15) is 8.42 Å². The molecule has 0 bridgehead atoms. The summed E-state index contributed by atoms with van der Waals surface area (Å²) in [6, 6.07) is 1.86. The van der Waals surface area contributed by atoms with Crippen molar-refractivity contribution in [1.82, 2.24) is 0 Å². The summed E-state index contributed by atoms with van der Waals surface area (Å²) in [7, 11) is -2.84. The lowest BCUT2D eigenvalue weighted by molar-refractivity contribution is 0.0694. The standard InChI is InChI=1S/C9H9FO7S/c1-15-7-3-5(9(11)12)6(4-8(7)16-2)17-18(10,13)14/h3-4H,1-2H3,(H,11,12). The van der Waals surface area contributed by atoms with Crippen molar-refractivity contribution in [2.75, 3.05) is 14.2 Å². The summed E-state index contributed by atoms with van der Waals surface area (Å²) in [6.45, 7) is 0. The summed E-state index contributed by atoms with van der Waals surface area (Å²) in [5.41, 5.74) is -0.575. The number of rotatable bonds is 5. The van der Waals surface area contributed by atoms with Crippen molar-refractivity contribution < 1.29 is 35.9 Å². The van der Waals surface area contributed by atoms with Gasteiger partial charge in [0.05, 0.1) is 14.2 Å². The van der Waals surface area contributed by atoms with Crippen LogP contribution in [-0.4, -0.2) is 33.7 Å². The molecule has 0 aromatic heterocycles. The van der Waals surface area contributed by atoms with Gasteiger partial charge >= 0.3 is 16.5 Å². The van der Waals surface area contributed by atoms with Crippen LogP contribution in [0.1, 0.15) is 10.4 Å². The van der Waals surface area contributed by atoms with E-state index in [-0.39, 0.29) is 11.5 Å². The Labute approximate surface area is 102 Å². The van der Waals surface area contributed by atoms with Gasteiger partial charge in [0.1, 0.15) is 5.56 Å². The van der Waals surface area contributed by atoms with Crippen LogP contribution in [-0.2, 0) is 10.5 Å². The Morgan fingerprint density at radius 2 is 1.67 bits per heavy atom. The van der Waals surface area contributed by atoms with Gasteiger partial charge in [0.15, 0.2) is 17.2 Å². The third-order valence-corrected chi connectivity index (χ3v) is 2.28. The molecule has 0 heterocycles. The Morgan fingerprint density at radius 1 is 1.17 bits per heavy atom. The van der Waals surface area contributed by atoms with E-state index in [1.54, 1.807) is 0 Å². The number of carbonyl (C=O) groups is 1. The zero-order valence-corrected chi connectivity index (χ0v) is 10.2. The highest BCUT2D eigenvalue weighted by atomic mass is 32.3. The van der Waals surface area contributed by atoms with Crippen molar-refractivity contribution in [3.05, 3.63) is 17.7 Å². The molecule has 1 aromatic carbocycles. The highest BCUT2D eigenvalue weighted by Gasteiger charge is 2.21. The highest BCUT2D eigenvalue weighted by Crippen LogP contribution is 2.35. The SMILES string of the molecule is COc1cc(OS(=O)(=O)F)c(C(=O)O)cc1OC. The first-order chi connectivity index (χ1) is 8.28. The normalized spacial score (nSPS) is 10.8. The van der Waals surface area contributed by atoms with Gasteiger partial charge in [-0.15, -0.1) is 0 Å². The molecular formula is C9H9FO7S. The van der Waals surface area contributed by atoms with Gasteiger partial charge < -0.3 is 18.8 Å². The largest absolute Gasteiger partial charge is 0.493 e. The van der Waals surface area contributed by atoms with Gasteiger partial charge in [-0.3, -0.25) is 0 Å². The van der Waals surface area contributed by atoms with E-state index < -0.39 is 27.8 Å². The van der Waals surface area contributed by atoms with E-state index in [0.717, 1.165) is 12.1 Å². The minimum absolute atomic E-state index is 0.00106. The monoisotopic (exact) mass is 280 g/mol. The zero-order chi connectivity index (χ0) is 13.9. The minimum Gasteiger partial charge on any atom is -0.493 e. The summed E-state index contributed by atoms with van der Waals surface area (Å²) >= 11 is 0. The quantitative estimate of drug-likeness (QED) is 0.803. The van der Waals surface area contributed by atoms with Gasteiger partial charge in [0.25, 0.3) is 0 Å². The summed E-state index contributed by atoms with van der Waals surface area (Å²) in [4.78, 5) is 10.9. The van der Waals surface area contributed by atoms with Crippen LogP contribution in [0.3, 0.4) is 0 Å². The molecule has 1 rings (SSSR count). The van der Waals surface area contributed by atoms with Crippen LogP contribution in [0, 0.1) is 0 Å². The molecule has 0 aliphatic rings. The maximum atomic E-state index is 12.4. The molecule has 9 heteroatoms. The van der Waals surface area contributed by atoms with Crippen LogP contribution in [0.15, 0.2) is 12.1 Å². The third-order valence-electron chi connectivity index (χ3n) is 1.91. The Morgan fingerprint density at radius 3 is 2.06 bits per heavy atom. The Balaban J connectivity index is 3.42. The zero-order valence-electron chi connectivity index (χ0n) is 9.34. The first kappa shape index (κ1) is 14.0. The Bertz CT molecular complexity index is 567. The molecule has 0 amide bonds. The third kappa shape index (κ3) is 3.23. The molecule has 0 aliphatic heterocycles. The molecule has 18 heavy (non-hydrogen) atoms. The number of carboxylic acid groups (broad SMARTS) is 1. The fourth-order valence-corrected chi connectivity index (χ4v) is 1.56. The van der Waals surface area contributed by atoms with Crippen molar-refractivity contribution in [2.24, 2.45) is 0 Å². The molecule has 0 aliphatic carbocycles. The van der Waals surface area contributed by atoms with Gasteiger partial charge in [-0.1, -0.05) is 3.89 Å². The average Bonchev–Trinajstić information content (AvgIpc) is 2.25. The van der Waals surface area contributed by atoms with Crippen molar-refractivity contribution >= 4 is 16.5 Å². The second-order valence-corrected chi connectivity index (χ2v) is 3.94. The van der Waals surface area contributed by atoms with Crippen LogP contribution in [0.5, 0.6) is 17.2 Å². The molecule has 0 saturated carbocycles. The number of methoxy groups -OCH3 is 2. The van der Waals surface area contributed by atoms with Gasteiger partial charge in [0, 0.05) is 12.1 Å². The maximum absolute atomic E-state index is 12.4. The summed E-state index contributed by atoms with van der Waals surface area (Å²) in [5.74, 6) is -2.17. The van der Waals surface area contributed by atoms with Gasteiger partial charge in [-0.05, 0) is 0 Å².